The van der Waals surface area contributed by atoms with Gasteiger partial charge in [0.1, 0.15) is 10.7 Å². The monoisotopic (exact) mass is 280 g/mol. The van der Waals surface area contributed by atoms with E-state index in [0.29, 0.717) is 15.8 Å². The standard InChI is InChI=1S/C11H16N6OS/c1-3-4-7-5-8(15-14-7)9(18)13-6(2)10-16-17-11(12)19-10/h5-6H,3-4H2,1-2H3,(H2,12,17)(H,13,18)(H,14,15)/t6-/m1/s1. The zero-order valence-electron chi connectivity index (χ0n) is 10.8. The van der Waals surface area contributed by atoms with Crippen molar-refractivity contribution in [3.8, 4) is 0 Å². The van der Waals surface area contributed by atoms with E-state index in [-0.39, 0.29) is 11.9 Å². The van der Waals surface area contributed by atoms with Crippen LogP contribution in [0.2, 0.25) is 0 Å². The lowest BCUT2D eigenvalue weighted by atomic mass is 10.2. The van der Waals surface area contributed by atoms with E-state index in [0.717, 1.165) is 18.5 Å². The SMILES string of the molecule is CCCc1cc(C(=O)N[C@H](C)c2nnc(N)s2)n[nH]1. The molecule has 0 aliphatic rings. The van der Waals surface area contributed by atoms with E-state index in [4.69, 9.17) is 5.73 Å². The van der Waals surface area contributed by atoms with Crippen molar-refractivity contribution in [1.29, 1.82) is 0 Å². The van der Waals surface area contributed by atoms with E-state index in [1.54, 1.807) is 6.07 Å². The van der Waals surface area contributed by atoms with Crippen LogP contribution in [0.3, 0.4) is 0 Å². The molecule has 102 valence electrons. The highest BCUT2D eigenvalue weighted by molar-refractivity contribution is 7.15. The predicted octanol–water partition coefficient (Wildman–Crippen LogP) is 1.29. The Labute approximate surface area is 114 Å². The van der Waals surface area contributed by atoms with Gasteiger partial charge in [-0.1, -0.05) is 24.7 Å². The lowest BCUT2D eigenvalue weighted by molar-refractivity contribution is 0.0934. The van der Waals surface area contributed by atoms with E-state index in [2.05, 4.69) is 32.6 Å². The van der Waals surface area contributed by atoms with Crippen LogP contribution in [0, 0.1) is 0 Å². The van der Waals surface area contributed by atoms with Gasteiger partial charge in [0.05, 0.1) is 6.04 Å². The minimum absolute atomic E-state index is 0.236. The molecule has 0 aliphatic heterocycles. The zero-order valence-corrected chi connectivity index (χ0v) is 11.6. The summed E-state index contributed by atoms with van der Waals surface area (Å²) in [4.78, 5) is 12.0. The molecule has 2 rings (SSSR count). The highest BCUT2D eigenvalue weighted by Gasteiger charge is 2.17. The molecule has 0 spiro atoms. The number of rotatable bonds is 5. The fourth-order valence-electron chi connectivity index (χ4n) is 1.63. The van der Waals surface area contributed by atoms with Gasteiger partial charge >= 0.3 is 0 Å². The number of nitrogens with two attached hydrogens (primary N) is 1. The highest BCUT2D eigenvalue weighted by Crippen LogP contribution is 2.19. The number of carbonyl (C=O) groups is 1. The average Bonchev–Trinajstić information content (AvgIpc) is 2.98. The molecule has 4 N–H and O–H groups in total. The summed E-state index contributed by atoms with van der Waals surface area (Å²) < 4.78 is 0. The largest absolute Gasteiger partial charge is 0.374 e. The number of hydrogen-bond donors (Lipinski definition) is 3. The minimum Gasteiger partial charge on any atom is -0.374 e. The van der Waals surface area contributed by atoms with Crippen molar-refractivity contribution in [3.05, 3.63) is 22.5 Å². The molecule has 0 aliphatic carbocycles. The van der Waals surface area contributed by atoms with Crippen molar-refractivity contribution in [2.24, 2.45) is 0 Å². The first-order valence-corrected chi connectivity index (χ1v) is 6.85. The molecule has 1 atom stereocenters. The number of aryl methyl sites for hydroxylation is 1. The molecule has 19 heavy (non-hydrogen) atoms. The van der Waals surface area contributed by atoms with Gasteiger partial charge in [-0.3, -0.25) is 9.89 Å². The van der Waals surface area contributed by atoms with Crippen LogP contribution in [0.1, 0.15) is 47.5 Å². The third-order valence-corrected chi connectivity index (χ3v) is 3.49. The Balaban J connectivity index is 1.99. The Kier molecular flexibility index (Phi) is 4.10. The molecule has 8 heteroatoms. The number of hydrogen-bond acceptors (Lipinski definition) is 6. The van der Waals surface area contributed by atoms with Crippen molar-refractivity contribution < 1.29 is 4.79 Å². The number of amides is 1. The number of aromatic nitrogens is 4. The van der Waals surface area contributed by atoms with Gasteiger partial charge in [-0.25, -0.2) is 0 Å². The third-order valence-electron chi connectivity index (χ3n) is 2.56. The Morgan fingerprint density at radius 1 is 1.58 bits per heavy atom. The lowest BCUT2D eigenvalue weighted by Gasteiger charge is -2.08. The fourth-order valence-corrected chi connectivity index (χ4v) is 2.24. The van der Waals surface area contributed by atoms with Crippen molar-refractivity contribution in [2.75, 3.05) is 5.73 Å². The van der Waals surface area contributed by atoms with Crippen LogP contribution in [0.4, 0.5) is 5.13 Å². The van der Waals surface area contributed by atoms with Gasteiger partial charge in [0.25, 0.3) is 5.91 Å². The van der Waals surface area contributed by atoms with E-state index >= 15 is 0 Å². The van der Waals surface area contributed by atoms with Crippen LogP contribution in [-0.2, 0) is 6.42 Å². The quantitative estimate of drug-likeness (QED) is 0.764. The molecule has 0 saturated heterocycles. The maximum atomic E-state index is 12.0. The number of anilines is 1. The van der Waals surface area contributed by atoms with Gasteiger partial charge in [-0.2, -0.15) is 5.10 Å². The lowest BCUT2D eigenvalue weighted by Crippen LogP contribution is -2.26. The Morgan fingerprint density at radius 3 is 3.00 bits per heavy atom. The maximum Gasteiger partial charge on any atom is 0.272 e. The molecular formula is C11H16N6OS. The first-order chi connectivity index (χ1) is 9.10. The molecule has 0 fully saturated rings. The molecular weight excluding hydrogens is 264 g/mol. The van der Waals surface area contributed by atoms with E-state index in [9.17, 15) is 4.79 Å². The minimum atomic E-state index is -0.242. The predicted molar refractivity (Wildman–Crippen MR) is 72.8 cm³/mol. The van der Waals surface area contributed by atoms with Crippen LogP contribution in [0.15, 0.2) is 6.07 Å². The van der Waals surface area contributed by atoms with Crippen molar-refractivity contribution in [3.63, 3.8) is 0 Å². The average molecular weight is 280 g/mol. The van der Waals surface area contributed by atoms with Gasteiger partial charge in [0.2, 0.25) is 5.13 Å². The molecule has 2 heterocycles. The summed E-state index contributed by atoms with van der Waals surface area (Å²) in [6.07, 6.45) is 1.88. The normalized spacial score (nSPS) is 12.3. The fraction of sp³-hybridized carbons (Fsp3) is 0.455. The first kappa shape index (κ1) is 13.5. The summed E-state index contributed by atoms with van der Waals surface area (Å²) >= 11 is 1.26. The summed E-state index contributed by atoms with van der Waals surface area (Å²) in [7, 11) is 0. The summed E-state index contributed by atoms with van der Waals surface area (Å²) in [5, 5.41) is 18.3. The number of aromatic amines is 1. The van der Waals surface area contributed by atoms with Gasteiger partial charge in [0.15, 0.2) is 0 Å². The number of nitrogens with one attached hydrogen (secondary N) is 2. The molecule has 1 amide bonds. The molecule has 0 unspecified atom stereocenters. The van der Waals surface area contributed by atoms with Crippen molar-refractivity contribution >= 4 is 22.4 Å². The molecule has 0 bridgehead atoms. The third kappa shape index (κ3) is 3.28. The second kappa shape index (κ2) is 5.79. The van der Waals surface area contributed by atoms with Gasteiger partial charge in [-0.05, 0) is 19.4 Å². The Bertz CT molecular complexity index is 563. The smallest absolute Gasteiger partial charge is 0.272 e. The molecule has 0 radical (unpaired) electrons. The number of H-pyrrole nitrogens is 1. The summed E-state index contributed by atoms with van der Waals surface area (Å²) in [5.74, 6) is -0.236. The number of nitrogen functional groups attached to an aromatic ring is 1. The summed E-state index contributed by atoms with van der Waals surface area (Å²) in [6, 6.07) is 1.52. The van der Waals surface area contributed by atoms with E-state index in [1.165, 1.54) is 11.3 Å². The van der Waals surface area contributed by atoms with Crippen LogP contribution >= 0.6 is 11.3 Å². The van der Waals surface area contributed by atoms with Crippen LogP contribution in [-0.4, -0.2) is 26.3 Å². The Hall–Kier alpha value is -1.96. The Morgan fingerprint density at radius 2 is 2.37 bits per heavy atom. The first-order valence-electron chi connectivity index (χ1n) is 6.04. The van der Waals surface area contributed by atoms with Crippen LogP contribution in [0.25, 0.3) is 0 Å². The highest BCUT2D eigenvalue weighted by atomic mass is 32.1. The van der Waals surface area contributed by atoms with Gasteiger partial charge in [0, 0.05) is 5.69 Å². The van der Waals surface area contributed by atoms with Gasteiger partial charge < -0.3 is 11.1 Å². The second-order valence-electron chi connectivity index (χ2n) is 4.20. The molecule has 2 aromatic heterocycles. The molecule has 7 nitrogen and oxygen atoms in total. The molecule has 0 aromatic carbocycles. The van der Waals surface area contributed by atoms with E-state index in [1.807, 2.05) is 6.92 Å². The topological polar surface area (TPSA) is 110 Å². The maximum absolute atomic E-state index is 12.0. The number of nitrogens with zero attached hydrogens (tertiary/aromatic N) is 3. The number of carbonyl (C=O) groups excluding carboxylic acids is 1. The van der Waals surface area contributed by atoms with Crippen molar-refractivity contribution in [2.45, 2.75) is 32.7 Å². The second-order valence-corrected chi connectivity index (χ2v) is 5.24. The van der Waals surface area contributed by atoms with Crippen molar-refractivity contribution in [1.82, 2.24) is 25.7 Å². The van der Waals surface area contributed by atoms with Crippen LogP contribution in [0.5, 0.6) is 0 Å². The summed E-state index contributed by atoms with van der Waals surface area (Å²) in [5.41, 5.74) is 6.85. The molecule has 0 saturated carbocycles. The van der Waals surface area contributed by atoms with Crippen LogP contribution < -0.4 is 11.1 Å². The van der Waals surface area contributed by atoms with Gasteiger partial charge in [-0.15, -0.1) is 10.2 Å². The molecule has 2 aromatic rings. The van der Waals surface area contributed by atoms with E-state index < -0.39 is 0 Å². The zero-order chi connectivity index (χ0) is 13.8. The summed E-state index contributed by atoms with van der Waals surface area (Å²) in [6.45, 7) is 3.90.